The fourth-order valence-electron chi connectivity index (χ4n) is 2.77. The molecule has 1 rings (SSSR count). The summed E-state index contributed by atoms with van der Waals surface area (Å²) < 4.78 is 0. The first-order chi connectivity index (χ1) is 8.17. The van der Waals surface area contributed by atoms with E-state index in [0.717, 1.165) is 38.8 Å². The van der Waals surface area contributed by atoms with Crippen LogP contribution in [0.3, 0.4) is 0 Å². The van der Waals surface area contributed by atoms with Gasteiger partial charge in [0, 0.05) is 12.5 Å². The minimum absolute atomic E-state index is 0.247. The van der Waals surface area contributed by atoms with Crippen LogP contribution in [-0.4, -0.2) is 25.0 Å². The van der Waals surface area contributed by atoms with Crippen LogP contribution >= 0.6 is 0 Å². The van der Waals surface area contributed by atoms with Crippen molar-refractivity contribution >= 4 is 5.91 Å². The molecule has 100 valence electrons. The molecule has 0 aliphatic carbocycles. The maximum Gasteiger partial charge on any atom is 0.220 e. The van der Waals surface area contributed by atoms with Crippen LogP contribution in [0.1, 0.15) is 52.9 Å². The van der Waals surface area contributed by atoms with Crippen molar-refractivity contribution in [1.82, 2.24) is 10.6 Å². The Bertz CT molecular complexity index is 220. The molecule has 1 unspecified atom stereocenters. The first kappa shape index (κ1) is 14.5. The standard InChI is InChI=1S/C14H28N2O/c1-4-13(5-2)11(3)16-14(17)10-12-6-8-15-9-7-12/h11-13,15H,4-10H2,1-3H3,(H,16,17). The lowest BCUT2D eigenvalue weighted by Crippen LogP contribution is -2.39. The van der Waals surface area contributed by atoms with Crippen molar-refractivity contribution < 1.29 is 4.79 Å². The number of hydrogen-bond donors (Lipinski definition) is 2. The summed E-state index contributed by atoms with van der Waals surface area (Å²) in [5.74, 6) is 1.45. The molecule has 3 nitrogen and oxygen atoms in total. The molecule has 1 atom stereocenters. The van der Waals surface area contributed by atoms with Crippen LogP contribution in [0, 0.1) is 11.8 Å². The smallest absolute Gasteiger partial charge is 0.220 e. The fraction of sp³-hybridized carbons (Fsp3) is 0.929. The van der Waals surface area contributed by atoms with Crippen molar-refractivity contribution in [3.63, 3.8) is 0 Å². The highest BCUT2D eigenvalue weighted by atomic mass is 16.1. The van der Waals surface area contributed by atoms with E-state index in [4.69, 9.17) is 0 Å². The van der Waals surface area contributed by atoms with E-state index in [2.05, 4.69) is 31.4 Å². The zero-order chi connectivity index (χ0) is 12.7. The van der Waals surface area contributed by atoms with Crippen LogP contribution in [-0.2, 0) is 4.79 Å². The van der Waals surface area contributed by atoms with Gasteiger partial charge in [-0.3, -0.25) is 4.79 Å². The van der Waals surface area contributed by atoms with Crippen LogP contribution in [0.15, 0.2) is 0 Å². The van der Waals surface area contributed by atoms with Crippen molar-refractivity contribution in [2.24, 2.45) is 11.8 Å². The number of rotatable bonds is 6. The summed E-state index contributed by atoms with van der Waals surface area (Å²) >= 11 is 0. The molecule has 17 heavy (non-hydrogen) atoms. The maximum atomic E-state index is 11.9. The molecule has 1 aliphatic rings. The molecular formula is C14H28N2O. The molecule has 1 amide bonds. The minimum Gasteiger partial charge on any atom is -0.353 e. The summed E-state index contributed by atoms with van der Waals surface area (Å²) in [6.07, 6.45) is 5.29. The molecule has 0 aromatic carbocycles. The quantitative estimate of drug-likeness (QED) is 0.748. The number of hydrogen-bond acceptors (Lipinski definition) is 2. The number of carbonyl (C=O) groups excluding carboxylic acids is 1. The normalized spacial score (nSPS) is 19.3. The van der Waals surface area contributed by atoms with Crippen molar-refractivity contribution in [2.75, 3.05) is 13.1 Å². The zero-order valence-electron chi connectivity index (χ0n) is 11.6. The Morgan fingerprint density at radius 1 is 1.29 bits per heavy atom. The molecule has 0 bridgehead atoms. The largest absolute Gasteiger partial charge is 0.353 e. The average Bonchev–Trinajstić information content (AvgIpc) is 2.31. The molecule has 0 spiro atoms. The number of carbonyl (C=O) groups is 1. The molecular weight excluding hydrogens is 212 g/mol. The van der Waals surface area contributed by atoms with Crippen LogP contribution in [0.25, 0.3) is 0 Å². The molecule has 1 saturated heterocycles. The van der Waals surface area contributed by atoms with Gasteiger partial charge in [0.1, 0.15) is 0 Å². The topological polar surface area (TPSA) is 41.1 Å². The summed E-state index contributed by atoms with van der Waals surface area (Å²) in [6.45, 7) is 8.67. The third-order valence-electron chi connectivity index (χ3n) is 4.08. The SMILES string of the molecule is CCC(CC)C(C)NC(=O)CC1CCNCC1. The Balaban J connectivity index is 2.27. The van der Waals surface area contributed by atoms with Gasteiger partial charge in [0.25, 0.3) is 0 Å². The molecule has 0 radical (unpaired) electrons. The Morgan fingerprint density at radius 2 is 1.88 bits per heavy atom. The maximum absolute atomic E-state index is 11.9. The predicted molar refractivity (Wildman–Crippen MR) is 71.9 cm³/mol. The Labute approximate surface area is 106 Å². The first-order valence-corrected chi connectivity index (χ1v) is 7.17. The third-order valence-corrected chi connectivity index (χ3v) is 4.08. The average molecular weight is 240 g/mol. The third kappa shape index (κ3) is 5.07. The number of nitrogens with one attached hydrogen (secondary N) is 2. The van der Waals surface area contributed by atoms with E-state index < -0.39 is 0 Å². The van der Waals surface area contributed by atoms with Gasteiger partial charge < -0.3 is 10.6 Å². The summed E-state index contributed by atoms with van der Waals surface area (Å²) in [6, 6.07) is 0.319. The highest BCUT2D eigenvalue weighted by Gasteiger charge is 2.20. The zero-order valence-corrected chi connectivity index (χ0v) is 11.6. The first-order valence-electron chi connectivity index (χ1n) is 7.17. The second-order valence-corrected chi connectivity index (χ2v) is 5.33. The Morgan fingerprint density at radius 3 is 2.41 bits per heavy atom. The second kappa shape index (κ2) is 7.70. The molecule has 0 aromatic heterocycles. The summed E-state index contributed by atoms with van der Waals surface area (Å²) in [4.78, 5) is 11.9. The Kier molecular flexibility index (Phi) is 6.56. The van der Waals surface area contributed by atoms with E-state index in [0.29, 0.717) is 24.3 Å². The summed E-state index contributed by atoms with van der Waals surface area (Å²) in [5.41, 5.74) is 0. The monoisotopic (exact) mass is 240 g/mol. The van der Waals surface area contributed by atoms with E-state index in [9.17, 15) is 4.79 Å². The van der Waals surface area contributed by atoms with Gasteiger partial charge >= 0.3 is 0 Å². The molecule has 2 N–H and O–H groups in total. The van der Waals surface area contributed by atoms with Gasteiger partial charge in [-0.15, -0.1) is 0 Å². The van der Waals surface area contributed by atoms with Crippen LogP contribution in [0.5, 0.6) is 0 Å². The van der Waals surface area contributed by atoms with Gasteiger partial charge in [-0.1, -0.05) is 26.7 Å². The van der Waals surface area contributed by atoms with E-state index in [1.807, 2.05) is 0 Å². The van der Waals surface area contributed by atoms with Crippen LogP contribution < -0.4 is 10.6 Å². The fourth-order valence-corrected chi connectivity index (χ4v) is 2.77. The lowest BCUT2D eigenvalue weighted by atomic mass is 9.92. The van der Waals surface area contributed by atoms with Gasteiger partial charge in [-0.05, 0) is 44.7 Å². The van der Waals surface area contributed by atoms with Gasteiger partial charge in [-0.25, -0.2) is 0 Å². The predicted octanol–water partition coefficient (Wildman–Crippen LogP) is 2.32. The number of piperidine rings is 1. The van der Waals surface area contributed by atoms with Crippen molar-refractivity contribution in [3.05, 3.63) is 0 Å². The Hall–Kier alpha value is -0.570. The van der Waals surface area contributed by atoms with Crippen LogP contribution in [0.4, 0.5) is 0 Å². The van der Waals surface area contributed by atoms with Crippen molar-refractivity contribution in [2.45, 2.75) is 58.9 Å². The van der Waals surface area contributed by atoms with Crippen molar-refractivity contribution in [1.29, 1.82) is 0 Å². The molecule has 1 aliphatic heterocycles. The van der Waals surface area contributed by atoms with Gasteiger partial charge in [-0.2, -0.15) is 0 Å². The lowest BCUT2D eigenvalue weighted by Gasteiger charge is -2.25. The van der Waals surface area contributed by atoms with E-state index in [1.54, 1.807) is 0 Å². The van der Waals surface area contributed by atoms with E-state index in [-0.39, 0.29) is 5.91 Å². The molecule has 0 saturated carbocycles. The second-order valence-electron chi connectivity index (χ2n) is 5.33. The molecule has 1 fully saturated rings. The molecule has 3 heteroatoms. The highest BCUT2D eigenvalue weighted by molar-refractivity contribution is 5.76. The van der Waals surface area contributed by atoms with E-state index in [1.165, 1.54) is 0 Å². The summed E-state index contributed by atoms with van der Waals surface area (Å²) in [5, 5.41) is 6.50. The summed E-state index contributed by atoms with van der Waals surface area (Å²) in [7, 11) is 0. The van der Waals surface area contributed by atoms with E-state index >= 15 is 0 Å². The van der Waals surface area contributed by atoms with Gasteiger partial charge in [0.05, 0.1) is 0 Å². The number of amides is 1. The van der Waals surface area contributed by atoms with Gasteiger partial charge in [0.15, 0.2) is 0 Å². The van der Waals surface area contributed by atoms with Gasteiger partial charge in [0.2, 0.25) is 5.91 Å². The molecule has 0 aromatic rings. The van der Waals surface area contributed by atoms with Crippen molar-refractivity contribution in [3.8, 4) is 0 Å². The molecule has 1 heterocycles. The minimum atomic E-state index is 0.247. The lowest BCUT2D eigenvalue weighted by molar-refractivity contribution is -0.123. The highest BCUT2D eigenvalue weighted by Crippen LogP contribution is 2.17. The van der Waals surface area contributed by atoms with Crippen LogP contribution in [0.2, 0.25) is 0 Å².